The van der Waals surface area contributed by atoms with Crippen LogP contribution in [0.4, 0.5) is 13.2 Å². The third kappa shape index (κ3) is 4.03. The zero-order chi connectivity index (χ0) is 15.5. The second-order valence-corrected chi connectivity index (χ2v) is 5.65. The first-order chi connectivity index (χ1) is 9.93. The van der Waals surface area contributed by atoms with Crippen molar-refractivity contribution in [3.8, 4) is 11.5 Å². The maximum Gasteiger partial charge on any atom is 0.407 e. The van der Waals surface area contributed by atoms with Gasteiger partial charge in [0, 0.05) is 10.9 Å². The molecule has 7 heteroatoms. The lowest BCUT2D eigenvalue weighted by Crippen LogP contribution is -2.34. The number of hydrogen-bond acceptors (Lipinski definition) is 3. The van der Waals surface area contributed by atoms with Crippen LogP contribution in [-0.2, 0) is 0 Å². The lowest BCUT2D eigenvalue weighted by atomic mass is 10.1. The van der Waals surface area contributed by atoms with Gasteiger partial charge in [0.1, 0.15) is 6.04 Å². The molecule has 1 aromatic rings. The summed E-state index contributed by atoms with van der Waals surface area (Å²) in [5, 5.41) is 2.54. The molecule has 0 saturated carbocycles. The van der Waals surface area contributed by atoms with Crippen molar-refractivity contribution in [1.82, 2.24) is 5.32 Å². The van der Waals surface area contributed by atoms with Crippen LogP contribution in [0.5, 0.6) is 11.5 Å². The third-order valence-electron chi connectivity index (χ3n) is 3.10. The number of halogens is 4. The van der Waals surface area contributed by atoms with Gasteiger partial charge in [0.15, 0.2) is 11.5 Å². The number of nitrogens with one attached hydrogen (secondary N) is 1. The summed E-state index contributed by atoms with van der Waals surface area (Å²) in [7, 11) is 0. The summed E-state index contributed by atoms with van der Waals surface area (Å²) < 4.78 is 51.1. The van der Waals surface area contributed by atoms with Crippen LogP contribution in [-0.4, -0.2) is 25.9 Å². The molecule has 0 amide bonds. The molecular weight excluding hydrogens is 351 g/mol. The minimum atomic E-state index is -4.38. The van der Waals surface area contributed by atoms with Gasteiger partial charge < -0.3 is 14.8 Å². The fourth-order valence-electron chi connectivity index (χ4n) is 2.11. The van der Waals surface area contributed by atoms with E-state index in [0.29, 0.717) is 42.0 Å². The Hall–Kier alpha value is -0.950. The largest absolute Gasteiger partial charge is 0.490 e. The third-order valence-corrected chi connectivity index (χ3v) is 3.79. The van der Waals surface area contributed by atoms with Crippen molar-refractivity contribution in [2.75, 3.05) is 19.8 Å². The van der Waals surface area contributed by atoms with Crippen LogP contribution in [0.25, 0.3) is 0 Å². The predicted molar refractivity (Wildman–Crippen MR) is 76.8 cm³/mol. The van der Waals surface area contributed by atoms with Crippen LogP contribution < -0.4 is 14.8 Å². The van der Waals surface area contributed by atoms with Crippen LogP contribution in [0.2, 0.25) is 0 Å². The van der Waals surface area contributed by atoms with E-state index in [1.807, 2.05) is 6.92 Å². The summed E-state index contributed by atoms with van der Waals surface area (Å²) in [6.45, 7) is 3.04. The molecule has 3 nitrogen and oxygen atoms in total. The maximum absolute atomic E-state index is 13.3. The molecule has 0 fully saturated rings. The van der Waals surface area contributed by atoms with Gasteiger partial charge >= 0.3 is 6.18 Å². The number of fused-ring (bicyclic) bond motifs is 1. The molecular formula is C14H17BrF3NO2. The summed E-state index contributed by atoms with van der Waals surface area (Å²) >= 11 is 3.21. The molecule has 1 unspecified atom stereocenters. The van der Waals surface area contributed by atoms with Gasteiger partial charge in [0.2, 0.25) is 0 Å². The van der Waals surface area contributed by atoms with Crippen LogP contribution >= 0.6 is 15.9 Å². The topological polar surface area (TPSA) is 30.5 Å². The first kappa shape index (κ1) is 16.4. The van der Waals surface area contributed by atoms with Crippen molar-refractivity contribution in [1.29, 1.82) is 0 Å². The Morgan fingerprint density at radius 1 is 1.24 bits per heavy atom. The van der Waals surface area contributed by atoms with Crippen LogP contribution in [0.1, 0.15) is 31.4 Å². The van der Waals surface area contributed by atoms with E-state index < -0.39 is 12.2 Å². The normalized spacial score (nSPS) is 16.4. The van der Waals surface area contributed by atoms with E-state index in [1.54, 1.807) is 6.07 Å². The average Bonchev–Trinajstić information content (AvgIpc) is 2.62. The Bertz CT molecular complexity index is 494. The van der Waals surface area contributed by atoms with Gasteiger partial charge in [-0.05, 0) is 30.7 Å². The molecule has 118 valence electrons. The quantitative estimate of drug-likeness (QED) is 0.864. The second kappa shape index (κ2) is 6.87. The molecule has 21 heavy (non-hydrogen) atoms. The van der Waals surface area contributed by atoms with E-state index >= 15 is 0 Å². The fraction of sp³-hybridized carbons (Fsp3) is 0.571. The van der Waals surface area contributed by atoms with E-state index in [1.165, 1.54) is 6.07 Å². The summed E-state index contributed by atoms with van der Waals surface area (Å²) in [4.78, 5) is 0. The zero-order valence-corrected chi connectivity index (χ0v) is 13.2. The lowest BCUT2D eigenvalue weighted by molar-refractivity contribution is -0.157. The fourth-order valence-corrected chi connectivity index (χ4v) is 2.66. The number of hydrogen-bond donors (Lipinski definition) is 1. The van der Waals surface area contributed by atoms with Crippen molar-refractivity contribution in [2.24, 2.45) is 0 Å². The number of ether oxygens (including phenoxy) is 2. The number of benzene rings is 1. The van der Waals surface area contributed by atoms with Crippen molar-refractivity contribution in [2.45, 2.75) is 32.0 Å². The highest BCUT2D eigenvalue weighted by Crippen LogP contribution is 2.42. The Morgan fingerprint density at radius 3 is 2.43 bits per heavy atom. The van der Waals surface area contributed by atoms with Crippen molar-refractivity contribution in [3.05, 3.63) is 22.2 Å². The highest BCUT2D eigenvalue weighted by molar-refractivity contribution is 9.10. The first-order valence-electron chi connectivity index (χ1n) is 6.82. The zero-order valence-electron chi connectivity index (χ0n) is 11.6. The number of alkyl halides is 3. The molecule has 1 aromatic carbocycles. The van der Waals surface area contributed by atoms with Gasteiger partial charge in [-0.3, -0.25) is 0 Å². The van der Waals surface area contributed by atoms with E-state index in [0.717, 1.165) is 0 Å². The molecule has 2 rings (SSSR count). The second-order valence-electron chi connectivity index (χ2n) is 4.80. The predicted octanol–water partition coefficient (Wildman–Crippen LogP) is 4.21. The van der Waals surface area contributed by atoms with Gasteiger partial charge in [-0.2, -0.15) is 13.2 Å². The Balaban J connectivity index is 2.38. The summed E-state index contributed by atoms with van der Waals surface area (Å²) in [6.07, 6.45) is -3.05. The lowest BCUT2D eigenvalue weighted by Gasteiger charge is -2.24. The summed E-state index contributed by atoms with van der Waals surface area (Å²) in [5.41, 5.74) is 0.111. The molecule has 0 aliphatic carbocycles. The average molecular weight is 368 g/mol. The smallest absolute Gasteiger partial charge is 0.407 e. The van der Waals surface area contributed by atoms with E-state index in [4.69, 9.17) is 9.47 Å². The van der Waals surface area contributed by atoms with Gasteiger partial charge in [-0.25, -0.2) is 0 Å². The van der Waals surface area contributed by atoms with Gasteiger partial charge in [0.25, 0.3) is 0 Å². The molecule has 1 aliphatic heterocycles. The molecule has 0 spiro atoms. The van der Waals surface area contributed by atoms with Crippen molar-refractivity contribution < 1.29 is 22.6 Å². The van der Waals surface area contributed by atoms with E-state index in [9.17, 15) is 13.2 Å². The van der Waals surface area contributed by atoms with Crippen molar-refractivity contribution in [3.63, 3.8) is 0 Å². The molecule has 0 radical (unpaired) electrons. The van der Waals surface area contributed by atoms with Crippen LogP contribution in [0.15, 0.2) is 16.6 Å². The summed E-state index contributed by atoms with van der Waals surface area (Å²) in [6, 6.07) is 1.22. The first-order valence-corrected chi connectivity index (χ1v) is 7.62. The highest BCUT2D eigenvalue weighted by atomic mass is 79.9. The minimum absolute atomic E-state index is 0.111. The van der Waals surface area contributed by atoms with Crippen molar-refractivity contribution >= 4 is 15.9 Å². The molecule has 1 N–H and O–H groups in total. The van der Waals surface area contributed by atoms with Crippen LogP contribution in [0, 0.1) is 0 Å². The monoisotopic (exact) mass is 367 g/mol. The molecule has 1 heterocycles. The standard InChI is InChI=1S/C14H17BrF3NO2/c1-2-4-19-13(14(16,17)18)9-7-11-12(8-10(9)15)21-6-3-5-20-11/h7-8,13,19H,2-6H2,1H3. The van der Waals surface area contributed by atoms with Gasteiger partial charge in [-0.15, -0.1) is 0 Å². The Morgan fingerprint density at radius 2 is 1.86 bits per heavy atom. The van der Waals surface area contributed by atoms with Crippen LogP contribution in [0.3, 0.4) is 0 Å². The maximum atomic E-state index is 13.3. The minimum Gasteiger partial charge on any atom is -0.490 e. The SMILES string of the molecule is CCCNC(c1cc2c(cc1Br)OCCCO2)C(F)(F)F. The molecule has 1 atom stereocenters. The van der Waals surface area contributed by atoms with E-state index in [2.05, 4.69) is 21.2 Å². The van der Waals surface area contributed by atoms with Gasteiger partial charge in [0.05, 0.1) is 13.2 Å². The molecule has 0 aromatic heterocycles. The summed E-state index contributed by atoms with van der Waals surface area (Å²) in [5.74, 6) is 0.831. The van der Waals surface area contributed by atoms with E-state index in [-0.39, 0.29) is 12.1 Å². The van der Waals surface area contributed by atoms with Gasteiger partial charge in [-0.1, -0.05) is 22.9 Å². The molecule has 0 bridgehead atoms. The Labute approximate surface area is 129 Å². The number of rotatable bonds is 4. The molecule has 0 saturated heterocycles. The Kier molecular flexibility index (Phi) is 5.37. The highest BCUT2D eigenvalue weighted by Gasteiger charge is 2.41. The molecule has 1 aliphatic rings.